The van der Waals surface area contributed by atoms with Crippen LogP contribution in [0, 0.1) is 27.7 Å². The van der Waals surface area contributed by atoms with Gasteiger partial charge in [-0.15, -0.1) is 24.8 Å². The van der Waals surface area contributed by atoms with Crippen molar-refractivity contribution in [1.82, 2.24) is 9.29 Å². The molecule has 0 radical (unpaired) electrons. The van der Waals surface area contributed by atoms with E-state index in [4.69, 9.17) is 0 Å². The zero-order valence-corrected chi connectivity index (χ0v) is 23.1. The number of halogens is 2. The van der Waals surface area contributed by atoms with Crippen LogP contribution in [0.1, 0.15) is 35.4 Å². The fourth-order valence-electron chi connectivity index (χ4n) is 2.99. The van der Waals surface area contributed by atoms with Crippen LogP contribution in [0.3, 0.4) is 0 Å². The molecule has 4 nitrogen and oxygen atoms in total. The molecule has 0 fully saturated rings. The molecule has 0 saturated heterocycles. The minimum atomic E-state index is -3.40. The number of rotatable bonds is 2. The standard InChI is InChI=1S/C15H19NO2S.C8H11N.2ClH.Pt/c1-14-8-10-15(11-9-14)19(17,18)16-12-6-4-2-3-5-7-13-16;1-6-4-7(2)9-8(3)5-6;;;/h4-11H,2-3,12-13H2,1H3;4-5H,1-3H3;2*1H;/q;;;;+2/b6-4+,7-5+;;;;. The summed E-state index contributed by atoms with van der Waals surface area (Å²) in [6, 6.07) is 11.2. The van der Waals surface area contributed by atoms with Crippen LogP contribution in [0.5, 0.6) is 0 Å². The van der Waals surface area contributed by atoms with Gasteiger partial charge >= 0.3 is 21.1 Å². The van der Waals surface area contributed by atoms with Crippen LogP contribution in [0.4, 0.5) is 0 Å². The summed E-state index contributed by atoms with van der Waals surface area (Å²) in [5.74, 6) is 0. The maximum atomic E-state index is 12.5. The van der Waals surface area contributed by atoms with Gasteiger partial charge < -0.3 is 0 Å². The first-order chi connectivity index (χ1) is 13.3. The molecule has 1 aromatic heterocycles. The number of benzene rings is 1. The SMILES string of the molecule is Cc1cc(C)nc(C)c1.Cc1ccc(S(=O)(=O)N2C/C=C/CC/C=C/C2)cc1.Cl.Cl.[Pt+2]. The molecule has 8 heteroatoms. The van der Waals surface area contributed by atoms with E-state index < -0.39 is 10.0 Å². The number of hydrogen-bond donors (Lipinski definition) is 0. The number of aryl methyl sites for hydroxylation is 4. The number of sulfonamides is 1. The molecule has 174 valence electrons. The van der Waals surface area contributed by atoms with Gasteiger partial charge in [-0.05, 0) is 70.4 Å². The Bertz CT molecular complexity index is 880. The molecule has 3 rings (SSSR count). The van der Waals surface area contributed by atoms with Gasteiger partial charge in [-0.1, -0.05) is 42.0 Å². The summed E-state index contributed by atoms with van der Waals surface area (Å²) in [5.41, 5.74) is 4.56. The Balaban J connectivity index is 0. The maximum absolute atomic E-state index is 12.5. The Hall–Kier alpha value is -0.972. The Morgan fingerprint density at radius 3 is 1.61 bits per heavy atom. The Morgan fingerprint density at radius 2 is 1.19 bits per heavy atom. The van der Waals surface area contributed by atoms with E-state index >= 15 is 0 Å². The molecule has 0 bridgehead atoms. The number of hydrogen-bond acceptors (Lipinski definition) is 3. The molecular formula is C23H32Cl2N2O2PtS+2. The molecule has 0 aliphatic carbocycles. The molecule has 0 saturated carbocycles. The summed E-state index contributed by atoms with van der Waals surface area (Å²) >= 11 is 0. The molecule has 0 spiro atoms. The quantitative estimate of drug-likeness (QED) is 0.385. The van der Waals surface area contributed by atoms with Crippen LogP contribution in [-0.4, -0.2) is 30.8 Å². The zero-order chi connectivity index (χ0) is 20.6. The molecule has 1 aliphatic heterocycles. The molecule has 2 aromatic rings. The molecule has 31 heavy (non-hydrogen) atoms. The van der Waals surface area contributed by atoms with Gasteiger partial charge in [0.2, 0.25) is 10.0 Å². The molecule has 0 amide bonds. The molecule has 2 heterocycles. The fourth-order valence-corrected chi connectivity index (χ4v) is 4.33. The molecule has 0 atom stereocenters. The third-order valence-electron chi connectivity index (χ3n) is 4.34. The average molecular weight is 667 g/mol. The number of allylic oxidation sites excluding steroid dienone is 2. The van der Waals surface area contributed by atoms with Crippen LogP contribution >= 0.6 is 24.8 Å². The third kappa shape index (κ3) is 10.9. The van der Waals surface area contributed by atoms with E-state index in [1.165, 1.54) is 9.87 Å². The number of nitrogens with zero attached hydrogens (tertiary/aromatic N) is 2. The van der Waals surface area contributed by atoms with Crippen LogP contribution in [0.15, 0.2) is 65.6 Å². The topological polar surface area (TPSA) is 50.3 Å². The van der Waals surface area contributed by atoms with Gasteiger partial charge in [-0.25, -0.2) is 8.42 Å². The van der Waals surface area contributed by atoms with Crippen molar-refractivity contribution < 1.29 is 29.5 Å². The average Bonchev–Trinajstić information content (AvgIpc) is 2.75. The second-order valence-corrected chi connectivity index (χ2v) is 9.02. The number of aromatic nitrogens is 1. The van der Waals surface area contributed by atoms with Crippen molar-refractivity contribution in [3.05, 3.63) is 83.2 Å². The van der Waals surface area contributed by atoms with Crippen molar-refractivity contribution in [2.75, 3.05) is 13.1 Å². The summed E-state index contributed by atoms with van der Waals surface area (Å²) in [6.07, 6.45) is 9.86. The third-order valence-corrected chi connectivity index (χ3v) is 6.18. The van der Waals surface area contributed by atoms with Crippen molar-refractivity contribution in [3.8, 4) is 0 Å². The Morgan fingerprint density at radius 1 is 0.742 bits per heavy atom. The molecule has 1 aromatic carbocycles. The van der Waals surface area contributed by atoms with Gasteiger partial charge in [0.05, 0.1) is 4.90 Å². The molecule has 1 aliphatic rings. The fraction of sp³-hybridized carbons (Fsp3) is 0.348. The van der Waals surface area contributed by atoms with Gasteiger partial charge in [0, 0.05) is 24.5 Å². The summed E-state index contributed by atoms with van der Waals surface area (Å²) < 4.78 is 26.6. The van der Waals surface area contributed by atoms with E-state index in [9.17, 15) is 8.42 Å². The van der Waals surface area contributed by atoms with Crippen molar-refractivity contribution in [3.63, 3.8) is 0 Å². The van der Waals surface area contributed by atoms with E-state index in [0.717, 1.165) is 29.8 Å². The van der Waals surface area contributed by atoms with E-state index in [-0.39, 0.29) is 45.9 Å². The van der Waals surface area contributed by atoms with Gasteiger partial charge in [0.1, 0.15) is 0 Å². The minimum absolute atomic E-state index is 0. The predicted octanol–water partition coefficient (Wildman–Crippen LogP) is 5.74. The van der Waals surface area contributed by atoms with Gasteiger partial charge in [-0.3, -0.25) is 4.98 Å². The second-order valence-electron chi connectivity index (χ2n) is 7.08. The van der Waals surface area contributed by atoms with Crippen molar-refractivity contribution in [1.29, 1.82) is 0 Å². The predicted molar refractivity (Wildman–Crippen MR) is 130 cm³/mol. The molecule has 0 unspecified atom stereocenters. The van der Waals surface area contributed by atoms with E-state index in [2.05, 4.69) is 24.0 Å². The summed E-state index contributed by atoms with van der Waals surface area (Å²) in [7, 11) is -3.40. The second kappa shape index (κ2) is 15.8. The van der Waals surface area contributed by atoms with Gasteiger partial charge in [0.15, 0.2) is 0 Å². The summed E-state index contributed by atoms with van der Waals surface area (Å²) in [5, 5.41) is 0. The Labute approximate surface area is 214 Å². The van der Waals surface area contributed by atoms with Crippen molar-refractivity contribution in [2.45, 2.75) is 45.4 Å². The van der Waals surface area contributed by atoms with Crippen LogP contribution in [0.2, 0.25) is 0 Å². The van der Waals surface area contributed by atoms with E-state index in [0.29, 0.717) is 18.0 Å². The zero-order valence-electron chi connectivity index (χ0n) is 18.4. The summed E-state index contributed by atoms with van der Waals surface area (Å²) in [4.78, 5) is 4.59. The summed E-state index contributed by atoms with van der Waals surface area (Å²) in [6.45, 7) is 8.92. The molecule has 0 N–H and O–H groups in total. The van der Waals surface area contributed by atoms with Crippen molar-refractivity contribution in [2.24, 2.45) is 0 Å². The smallest absolute Gasteiger partial charge is 0.258 e. The Kier molecular flexibility index (Phi) is 16.4. The minimum Gasteiger partial charge on any atom is -0.258 e. The van der Waals surface area contributed by atoms with Crippen LogP contribution < -0.4 is 0 Å². The monoisotopic (exact) mass is 665 g/mol. The largest absolute Gasteiger partial charge is 2.00 e. The van der Waals surface area contributed by atoms with E-state index in [1.807, 2.05) is 57.2 Å². The van der Waals surface area contributed by atoms with Crippen LogP contribution in [0.25, 0.3) is 0 Å². The van der Waals surface area contributed by atoms with E-state index in [1.54, 1.807) is 12.1 Å². The normalized spacial score (nSPS) is 15.7. The first kappa shape index (κ1) is 32.2. The first-order valence-electron chi connectivity index (χ1n) is 9.58. The first-order valence-corrected chi connectivity index (χ1v) is 11.0. The molecular weight excluding hydrogens is 634 g/mol. The number of pyridine rings is 1. The van der Waals surface area contributed by atoms with Crippen molar-refractivity contribution >= 4 is 34.8 Å². The van der Waals surface area contributed by atoms with Gasteiger partial charge in [-0.2, -0.15) is 4.31 Å². The maximum Gasteiger partial charge on any atom is 2.00 e. The van der Waals surface area contributed by atoms with Gasteiger partial charge in [0.25, 0.3) is 0 Å². The van der Waals surface area contributed by atoms with Crippen LogP contribution in [-0.2, 0) is 31.1 Å².